The van der Waals surface area contributed by atoms with Crippen LogP contribution in [0.25, 0.3) is 0 Å². The van der Waals surface area contributed by atoms with E-state index in [1.54, 1.807) is 24.3 Å². The first-order valence-electron chi connectivity index (χ1n) is 4.17. The third kappa shape index (κ3) is 1.68. The van der Waals surface area contributed by atoms with Gasteiger partial charge >= 0.3 is 6.18 Å². The van der Waals surface area contributed by atoms with Gasteiger partial charge in [0, 0.05) is 0 Å². The molecule has 0 spiro atoms. The second-order valence-corrected chi connectivity index (χ2v) is 3.28. The van der Waals surface area contributed by atoms with E-state index in [2.05, 4.69) is 5.43 Å². The number of hydrazine groups is 1. The number of hydrogen-bond acceptors (Lipinski definition) is 2. The Morgan fingerprint density at radius 1 is 1.21 bits per heavy atom. The highest BCUT2D eigenvalue weighted by atomic mass is 19.4. The highest BCUT2D eigenvalue weighted by Crippen LogP contribution is 2.34. The van der Waals surface area contributed by atoms with Crippen molar-refractivity contribution < 1.29 is 13.2 Å². The zero-order valence-electron chi connectivity index (χ0n) is 7.47. The van der Waals surface area contributed by atoms with Crippen molar-refractivity contribution in [2.24, 2.45) is 0 Å². The maximum absolute atomic E-state index is 12.2. The predicted molar refractivity (Wildman–Crippen MR) is 46.6 cm³/mol. The van der Waals surface area contributed by atoms with Gasteiger partial charge in [0.1, 0.15) is 0 Å². The topological polar surface area (TPSA) is 25.0 Å². The van der Waals surface area contributed by atoms with Crippen molar-refractivity contribution in [3.05, 3.63) is 29.8 Å². The summed E-state index contributed by atoms with van der Waals surface area (Å²) < 4.78 is 36.5. The van der Waals surface area contributed by atoms with Crippen molar-refractivity contribution in [1.29, 1.82) is 0 Å². The normalized spacial score (nSPS) is 21.1. The first-order valence-corrected chi connectivity index (χ1v) is 4.17. The van der Waals surface area contributed by atoms with E-state index in [1.165, 1.54) is 0 Å². The molecule has 2 nitrogen and oxygen atoms in total. The van der Waals surface area contributed by atoms with Gasteiger partial charge in [-0.3, -0.25) is 5.01 Å². The van der Waals surface area contributed by atoms with Gasteiger partial charge in [0.2, 0.25) is 6.17 Å². The van der Waals surface area contributed by atoms with Gasteiger partial charge in [-0.1, -0.05) is 17.7 Å². The smallest absolute Gasteiger partial charge is 0.278 e. The molecule has 76 valence electrons. The summed E-state index contributed by atoms with van der Waals surface area (Å²) in [6.45, 7) is 1.89. The van der Waals surface area contributed by atoms with Crippen LogP contribution in [0.2, 0.25) is 0 Å². The summed E-state index contributed by atoms with van der Waals surface area (Å²) in [5, 5.41) is 1.10. The number of nitrogens with zero attached hydrogens (tertiary/aromatic N) is 1. The van der Waals surface area contributed by atoms with E-state index in [0.29, 0.717) is 5.69 Å². The van der Waals surface area contributed by atoms with Crippen molar-refractivity contribution >= 4 is 5.69 Å². The minimum atomic E-state index is -4.20. The first-order chi connectivity index (χ1) is 6.48. The number of halogens is 3. The van der Waals surface area contributed by atoms with Crippen LogP contribution in [0.1, 0.15) is 5.56 Å². The van der Waals surface area contributed by atoms with E-state index in [4.69, 9.17) is 0 Å². The Balaban J connectivity index is 2.10. The molecule has 0 radical (unpaired) electrons. The first kappa shape index (κ1) is 9.33. The average molecular weight is 202 g/mol. The van der Waals surface area contributed by atoms with Gasteiger partial charge in [-0.05, 0) is 19.1 Å². The molecular formula is C9H9F3N2. The molecule has 1 aliphatic rings. The number of benzene rings is 1. The van der Waals surface area contributed by atoms with Crippen molar-refractivity contribution in [3.8, 4) is 0 Å². The molecule has 2 rings (SSSR count). The van der Waals surface area contributed by atoms with E-state index in [0.717, 1.165) is 10.6 Å². The average Bonchev–Trinajstić information content (AvgIpc) is 2.83. The summed E-state index contributed by atoms with van der Waals surface area (Å²) in [5.74, 6) is 0. The fourth-order valence-corrected chi connectivity index (χ4v) is 1.25. The highest BCUT2D eigenvalue weighted by molar-refractivity contribution is 5.52. The van der Waals surface area contributed by atoms with Crippen molar-refractivity contribution in [3.63, 3.8) is 0 Å². The Hall–Kier alpha value is -1.23. The number of rotatable bonds is 1. The second kappa shape index (κ2) is 2.88. The van der Waals surface area contributed by atoms with Gasteiger partial charge < -0.3 is 0 Å². The van der Waals surface area contributed by atoms with E-state index in [-0.39, 0.29) is 0 Å². The molecule has 1 heterocycles. The minimum absolute atomic E-state index is 0.540. The monoisotopic (exact) mass is 202 g/mol. The molecule has 1 aliphatic heterocycles. The fraction of sp³-hybridized carbons (Fsp3) is 0.333. The molecule has 5 heteroatoms. The van der Waals surface area contributed by atoms with E-state index < -0.39 is 12.3 Å². The molecule has 1 atom stereocenters. The van der Waals surface area contributed by atoms with E-state index in [1.807, 2.05) is 6.92 Å². The van der Waals surface area contributed by atoms with Gasteiger partial charge in [0.25, 0.3) is 0 Å². The quantitative estimate of drug-likeness (QED) is 0.706. The molecule has 0 aliphatic carbocycles. The van der Waals surface area contributed by atoms with E-state index >= 15 is 0 Å². The molecule has 0 aromatic heterocycles. The molecule has 1 unspecified atom stereocenters. The lowest BCUT2D eigenvalue weighted by atomic mass is 10.2. The van der Waals surface area contributed by atoms with Gasteiger partial charge in [-0.25, -0.2) is 5.43 Å². The number of nitrogens with one attached hydrogen (secondary N) is 1. The number of hydrogen-bond donors (Lipinski definition) is 1. The fourth-order valence-electron chi connectivity index (χ4n) is 1.25. The molecular weight excluding hydrogens is 193 g/mol. The van der Waals surface area contributed by atoms with Crippen LogP contribution < -0.4 is 10.4 Å². The zero-order valence-corrected chi connectivity index (χ0v) is 7.47. The van der Waals surface area contributed by atoms with Gasteiger partial charge in [0.05, 0.1) is 5.69 Å². The number of alkyl halides is 3. The molecule has 0 amide bonds. The summed E-state index contributed by atoms with van der Waals surface area (Å²) in [4.78, 5) is 0. The summed E-state index contributed by atoms with van der Waals surface area (Å²) in [6.07, 6.45) is -5.73. The third-order valence-electron chi connectivity index (χ3n) is 2.07. The van der Waals surface area contributed by atoms with Crippen LogP contribution in [0, 0.1) is 6.92 Å². The maximum atomic E-state index is 12.2. The SMILES string of the molecule is Cc1ccc(N2NC2C(F)(F)F)cc1. The molecule has 0 bridgehead atoms. The van der Waals surface area contributed by atoms with Crippen molar-refractivity contribution in [2.75, 3.05) is 5.01 Å². The van der Waals surface area contributed by atoms with Crippen molar-refractivity contribution in [1.82, 2.24) is 5.43 Å². The summed E-state index contributed by atoms with van der Waals surface area (Å²) in [5.41, 5.74) is 3.82. The standard InChI is InChI=1S/C9H9F3N2/c1-6-2-4-7(5-3-6)14-8(13-14)9(10,11)12/h2-5,8,13H,1H3. The molecule has 1 saturated heterocycles. The number of aryl methyl sites for hydroxylation is 1. The lowest BCUT2D eigenvalue weighted by molar-refractivity contribution is -0.128. The second-order valence-electron chi connectivity index (χ2n) is 3.28. The van der Waals surface area contributed by atoms with Crippen LogP contribution in [-0.2, 0) is 0 Å². The number of anilines is 1. The Bertz CT molecular complexity index is 331. The Morgan fingerprint density at radius 2 is 1.79 bits per heavy atom. The summed E-state index contributed by atoms with van der Waals surface area (Å²) >= 11 is 0. The lowest BCUT2D eigenvalue weighted by Gasteiger charge is -2.05. The molecule has 14 heavy (non-hydrogen) atoms. The predicted octanol–water partition coefficient (Wildman–Crippen LogP) is 2.21. The zero-order chi connectivity index (χ0) is 10.3. The maximum Gasteiger partial charge on any atom is 0.425 e. The molecule has 1 N–H and O–H groups in total. The van der Waals surface area contributed by atoms with Crippen molar-refractivity contribution in [2.45, 2.75) is 19.3 Å². The summed E-state index contributed by atoms with van der Waals surface area (Å²) in [6, 6.07) is 6.88. The van der Waals surface area contributed by atoms with Crippen LogP contribution >= 0.6 is 0 Å². The van der Waals surface area contributed by atoms with Crippen LogP contribution in [-0.4, -0.2) is 12.3 Å². The lowest BCUT2D eigenvalue weighted by Crippen LogP contribution is -2.21. The third-order valence-corrected chi connectivity index (χ3v) is 2.07. The largest absolute Gasteiger partial charge is 0.425 e. The Kier molecular flexibility index (Phi) is 1.92. The van der Waals surface area contributed by atoms with Crippen LogP contribution in [0.3, 0.4) is 0 Å². The molecule has 1 aromatic carbocycles. The van der Waals surface area contributed by atoms with Crippen LogP contribution in [0.15, 0.2) is 24.3 Å². The van der Waals surface area contributed by atoms with Gasteiger partial charge in [-0.2, -0.15) is 13.2 Å². The van der Waals surface area contributed by atoms with Gasteiger partial charge in [-0.15, -0.1) is 0 Å². The highest BCUT2D eigenvalue weighted by Gasteiger charge is 2.54. The Morgan fingerprint density at radius 3 is 2.21 bits per heavy atom. The van der Waals surface area contributed by atoms with Gasteiger partial charge in [0.15, 0.2) is 0 Å². The summed E-state index contributed by atoms with van der Waals surface area (Å²) in [7, 11) is 0. The molecule has 0 saturated carbocycles. The molecule has 1 fully saturated rings. The molecule has 1 aromatic rings. The van der Waals surface area contributed by atoms with Crippen LogP contribution in [0.4, 0.5) is 18.9 Å². The van der Waals surface area contributed by atoms with E-state index in [9.17, 15) is 13.2 Å². The van der Waals surface area contributed by atoms with Crippen LogP contribution in [0.5, 0.6) is 0 Å². The Labute approximate surface area is 79.3 Å². The minimum Gasteiger partial charge on any atom is -0.278 e.